The molecule has 0 saturated carbocycles. The van der Waals surface area contributed by atoms with Crippen molar-refractivity contribution in [1.29, 1.82) is 0 Å². The number of hydrogen-bond acceptors (Lipinski definition) is 6. The molecule has 0 radical (unpaired) electrons. The van der Waals surface area contributed by atoms with Crippen molar-refractivity contribution in [2.24, 2.45) is 0 Å². The number of sulfone groups is 2. The van der Waals surface area contributed by atoms with E-state index in [9.17, 15) is 21.9 Å². The van der Waals surface area contributed by atoms with Gasteiger partial charge in [0.15, 0.2) is 0 Å². The molecule has 0 bridgehead atoms. The number of rotatable bonds is 9. The molecule has 0 atom stereocenters. The topological polar surface area (TPSA) is 97.7 Å². The second kappa shape index (κ2) is 13.5. The predicted octanol–water partition coefficient (Wildman–Crippen LogP) is 10.1. The van der Waals surface area contributed by atoms with Gasteiger partial charge in [0.25, 0.3) is 0 Å². The lowest BCUT2D eigenvalue weighted by molar-refractivity contribution is 0.474. The molecular weight excluding hydrogens is 677 g/mol. The molecule has 260 valence electrons. The largest absolute Gasteiger partial charge is 0.508 e. The van der Waals surface area contributed by atoms with Crippen LogP contribution in [0, 0.1) is 0 Å². The molecule has 51 heavy (non-hydrogen) atoms. The number of hydrogen-bond donors (Lipinski definition) is 1. The molecule has 0 aromatic heterocycles. The predicted molar refractivity (Wildman–Crippen MR) is 201 cm³/mol. The zero-order chi connectivity index (χ0) is 36.6. The Labute approximate surface area is 300 Å². The molecule has 0 spiro atoms. The van der Waals surface area contributed by atoms with Crippen LogP contribution in [0.2, 0.25) is 0 Å². The van der Waals surface area contributed by atoms with E-state index in [1.54, 1.807) is 84.9 Å². The summed E-state index contributed by atoms with van der Waals surface area (Å²) >= 11 is 0. The second-order valence-corrected chi connectivity index (χ2v) is 18.0. The number of ether oxygens (including phenoxy) is 1. The summed E-state index contributed by atoms with van der Waals surface area (Å²) in [4.78, 5) is 0.703. The maximum Gasteiger partial charge on any atom is 0.206 e. The van der Waals surface area contributed by atoms with E-state index in [-0.39, 0.29) is 36.2 Å². The fourth-order valence-electron chi connectivity index (χ4n) is 5.87. The molecule has 0 aliphatic heterocycles. The van der Waals surface area contributed by atoms with Crippen LogP contribution in [0.15, 0.2) is 165 Å². The monoisotopic (exact) mass is 716 g/mol. The van der Waals surface area contributed by atoms with Crippen LogP contribution in [0.5, 0.6) is 17.2 Å². The van der Waals surface area contributed by atoms with Crippen LogP contribution >= 0.6 is 0 Å². The zero-order valence-corrected chi connectivity index (χ0v) is 30.8. The summed E-state index contributed by atoms with van der Waals surface area (Å²) in [5.41, 5.74) is 4.36. The van der Waals surface area contributed by atoms with Gasteiger partial charge in [0.2, 0.25) is 19.7 Å². The van der Waals surface area contributed by atoms with Crippen molar-refractivity contribution in [3.8, 4) is 28.4 Å². The zero-order valence-electron chi connectivity index (χ0n) is 29.2. The van der Waals surface area contributed by atoms with E-state index in [1.165, 1.54) is 12.1 Å². The fourth-order valence-corrected chi connectivity index (χ4v) is 8.39. The summed E-state index contributed by atoms with van der Waals surface area (Å²) < 4.78 is 59.5. The third kappa shape index (κ3) is 7.48. The first-order chi connectivity index (χ1) is 24.0. The van der Waals surface area contributed by atoms with E-state index in [2.05, 4.69) is 34.6 Å². The smallest absolute Gasteiger partial charge is 0.206 e. The molecule has 0 aliphatic rings. The molecule has 0 heterocycles. The average Bonchev–Trinajstić information content (AvgIpc) is 3.12. The van der Waals surface area contributed by atoms with Gasteiger partial charge < -0.3 is 9.84 Å². The van der Waals surface area contributed by atoms with Gasteiger partial charge in [-0.1, -0.05) is 95.3 Å². The first-order valence-electron chi connectivity index (χ1n) is 16.5. The van der Waals surface area contributed by atoms with Gasteiger partial charge in [0.1, 0.15) is 17.2 Å². The number of phenols is 1. The van der Waals surface area contributed by atoms with Crippen LogP contribution in [0.25, 0.3) is 11.1 Å². The Morgan fingerprint density at radius 1 is 0.412 bits per heavy atom. The van der Waals surface area contributed by atoms with Crippen LogP contribution in [0.1, 0.15) is 51.3 Å². The van der Waals surface area contributed by atoms with Crippen molar-refractivity contribution < 1.29 is 26.7 Å². The van der Waals surface area contributed by atoms with E-state index in [4.69, 9.17) is 4.74 Å². The van der Waals surface area contributed by atoms with Gasteiger partial charge in [0, 0.05) is 5.41 Å². The van der Waals surface area contributed by atoms with Crippen LogP contribution in [0.4, 0.5) is 0 Å². The highest BCUT2D eigenvalue weighted by molar-refractivity contribution is 7.91. The van der Waals surface area contributed by atoms with Gasteiger partial charge in [-0.2, -0.15) is 0 Å². The Bertz CT molecular complexity index is 2350. The van der Waals surface area contributed by atoms with Crippen molar-refractivity contribution in [3.05, 3.63) is 162 Å². The van der Waals surface area contributed by atoms with Crippen molar-refractivity contribution in [1.82, 2.24) is 0 Å². The molecule has 0 aliphatic carbocycles. The van der Waals surface area contributed by atoms with Crippen molar-refractivity contribution in [3.63, 3.8) is 0 Å². The maximum absolute atomic E-state index is 13.5. The minimum absolute atomic E-state index is 0.0805. The summed E-state index contributed by atoms with van der Waals surface area (Å²) in [6, 6.07) is 41.3. The van der Waals surface area contributed by atoms with Gasteiger partial charge in [-0.05, 0) is 118 Å². The minimum atomic E-state index is -3.80. The SMILES string of the molecule is CC(C)(C)c1ccc(S(=O)(=O)c2ccc(-c3ccc(S(=O)(=O)c4ccc(Oc5ccc(C(C)(C)c6ccc(O)cc6)cc5)cc4)cc3)cc2)cc1. The van der Waals surface area contributed by atoms with Crippen LogP contribution in [-0.2, 0) is 30.5 Å². The first kappa shape index (κ1) is 35.6. The van der Waals surface area contributed by atoms with E-state index >= 15 is 0 Å². The Morgan fingerprint density at radius 3 is 1.08 bits per heavy atom. The minimum Gasteiger partial charge on any atom is -0.508 e. The van der Waals surface area contributed by atoms with E-state index in [1.807, 2.05) is 48.5 Å². The standard InChI is InChI=1S/C43H40O6S2/c1-42(2,3)32-14-26-40(27-15-32)50(45,46)38-22-6-30(7-23-38)31-8-24-39(25-9-31)51(47,48)41-28-20-37(21-29-41)49-36-18-12-34(13-19-36)43(4,5)33-10-16-35(44)17-11-33/h6-29,44H,1-5H3. The van der Waals surface area contributed by atoms with Crippen molar-refractivity contribution in [2.45, 2.75) is 65.0 Å². The normalized spacial score (nSPS) is 12.4. The molecule has 0 amide bonds. The lowest BCUT2D eigenvalue weighted by atomic mass is 9.78. The number of aromatic hydroxyl groups is 1. The van der Waals surface area contributed by atoms with Crippen LogP contribution < -0.4 is 4.74 Å². The van der Waals surface area contributed by atoms with Gasteiger partial charge >= 0.3 is 0 Å². The fraction of sp³-hybridized carbons (Fsp3) is 0.163. The van der Waals surface area contributed by atoms with Crippen LogP contribution in [-0.4, -0.2) is 21.9 Å². The Balaban J connectivity index is 1.12. The second-order valence-electron chi connectivity index (χ2n) is 14.1. The number of phenolic OH excluding ortho intramolecular Hbond substituents is 1. The molecule has 1 N–H and O–H groups in total. The molecule has 6 aromatic carbocycles. The quantitative estimate of drug-likeness (QED) is 0.160. The van der Waals surface area contributed by atoms with E-state index < -0.39 is 19.7 Å². The molecule has 0 fully saturated rings. The van der Waals surface area contributed by atoms with E-state index in [0.717, 1.165) is 27.8 Å². The third-order valence-corrected chi connectivity index (χ3v) is 12.8. The summed E-state index contributed by atoms with van der Waals surface area (Å²) in [7, 11) is -7.49. The maximum atomic E-state index is 13.5. The molecule has 8 heteroatoms. The lowest BCUT2D eigenvalue weighted by Crippen LogP contribution is -2.18. The van der Waals surface area contributed by atoms with Crippen molar-refractivity contribution in [2.75, 3.05) is 0 Å². The Kier molecular flexibility index (Phi) is 9.44. The van der Waals surface area contributed by atoms with Crippen LogP contribution in [0.3, 0.4) is 0 Å². The first-order valence-corrected chi connectivity index (χ1v) is 19.5. The molecule has 6 nitrogen and oxygen atoms in total. The molecule has 6 aromatic rings. The van der Waals surface area contributed by atoms with Crippen molar-refractivity contribution >= 4 is 19.7 Å². The summed E-state index contributed by atoms with van der Waals surface area (Å²) in [6.45, 7) is 10.5. The molecule has 0 unspecified atom stereocenters. The van der Waals surface area contributed by atoms with E-state index in [0.29, 0.717) is 11.5 Å². The van der Waals surface area contributed by atoms with Gasteiger partial charge in [-0.15, -0.1) is 0 Å². The third-order valence-electron chi connectivity index (χ3n) is 9.23. The summed E-state index contributed by atoms with van der Waals surface area (Å²) in [6.07, 6.45) is 0. The molecular formula is C43H40O6S2. The molecule has 6 rings (SSSR count). The highest BCUT2D eigenvalue weighted by Gasteiger charge is 2.24. The molecule has 0 saturated heterocycles. The highest BCUT2D eigenvalue weighted by Crippen LogP contribution is 2.35. The average molecular weight is 717 g/mol. The number of benzene rings is 6. The highest BCUT2D eigenvalue weighted by atomic mass is 32.2. The van der Waals surface area contributed by atoms with Gasteiger partial charge in [-0.25, -0.2) is 16.8 Å². The lowest BCUT2D eigenvalue weighted by Gasteiger charge is -2.26. The Morgan fingerprint density at radius 2 is 0.706 bits per heavy atom. The van der Waals surface area contributed by atoms with Gasteiger partial charge in [0.05, 0.1) is 19.6 Å². The Hall–Kier alpha value is -5.18. The summed E-state index contributed by atoms with van der Waals surface area (Å²) in [5, 5.41) is 9.64. The summed E-state index contributed by atoms with van der Waals surface area (Å²) in [5.74, 6) is 1.35. The van der Waals surface area contributed by atoms with Gasteiger partial charge in [-0.3, -0.25) is 0 Å².